The monoisotopic (exact) mass is 449 g/mol. The molecule has 0 atom stereocenters. The van der Waals surface area contributed by atoms with Gasteiger partial charge < -0.3 is 10.1 Å². The topological polar surface area (TPSA) is 99.8 Å². The Morgan fingerprint density at radius 3 is 2.91 bits per heavy atom. The summed E-state index contributed by atoms with van der Waals surface area (Å²) in [4.78, 5) is 21.9. The smallest absolute Gasteiger partial charge is 0.275 e. The van der Waals surface area contributed by atoms with Crippen LogP contribution in [0, 0.1) is 0 Å². The Balaban J connectivity index is 1.38. The Kier molecular flexibility index (Phi) is 5.54. The van der Waals surface area contributed by atoms with E-state index in [0.29, 0.717) is 29.4 Å². The van der Waals surface area contributed by atoms with Crippen LogP contribution in [0.4, 0.5) is 5.69 Å². The molecule has 0 spiro atoms. The van der Waals surface area contributed by atoms with Gasteiger partial charge in [-0.3, -0.25) is 19.1 Å². The van der Waals surface area contributed by atoms with Gasteiger partial charge in [0, 0.05) is 43.2 Å². The molecule has 4 aromatic heterocycles. The fourth-order valence-electron chi connectivity index (χ4n) is 3.72. The van der Waals surface area contributed by atoms with Gasteiger partial charge in [-0.2, -0.15) is 10.2 Å². The van der Waals surface area contributed by atoms with Gasteiger partial charge in [0.25, 0.3) is 5.91 Å². The SMILES string of the molecule is CCO[C@H]1C[C@@H](n2cc(NC(=O)c3csc(-c4cnn(C)c4)n3)c(-c3ccccn3)n2)C1. The first-order valence-corrected chi connectivity index (χ1v) is 11.4. The lowest BCUT2D eigenvalue weighted by molar-refractivity contribution is -0.0226. The summed E-state index contributed by atoms with van der Waals surface area (Å²) < 4.78 is 9.30. The molecular weight excluding hydrogens is 426 g/mol. The van der Waals surface area contributed by atoms with E-state index in [1.54, 1.807) is 22.5 Å². The van der Waals surface area contributed by atoms with Crippen LogP contribution < -0.4 is 5.32 Å². The van der Waals surface area contributed by atoms with Crippen molar-refractivity contribution in [2.45, 2.75) is 31.9 Å². The van der Waals surface area contributed by atoms with Gasteiger partial charge in [-0.25, -0.2) is 4.98 Å². The van der Waals surface area contributed by atoms with Crippen LogP contribution in [0.1, 0.15) is 36.3 Å². The van der Waals surface area contributed by atoms with E-state index in [2.05, 4.69) is 20.4 Å². The molecule has 10 heteroatoms. The van der Waals surface area contributed by atoms with Crippen molar-refractivity contribution in [3.8, 4) is 22.0 Å². The quantitative estimate of drug-likeness (QED) is 0.461. The van der Waals surface area contributed by atoms with Gasteiger partial charge in [0.15, 0.2) is 0 Å². The van der Waals surface area contributed by atoms with E-state index >= 15 is 0 Å². The predicted molar refractivity (Wildman–Crippen MR) is 121 cm³/mol. The molecule has 1 aliphatic carbocycles. The average molecular weight is 450 g/mol. The van der Waals surface area contributed by atoms with Crippen LogP contribution in [0.2, 0.25) is 0 Å². The minimum atomic E-state index is -0.283. The third-order valence-corrected chi connectivity index (χ3v) is 6.31. The van der Waals surface area contributed by atoms with Crippen LogP contribution in [0.25, 0.3) is 22.0 Å². The van der Waals surface area contributed by atoms with Crippen molar-refractivity contribution in [3.05, 3.63) is 54.1 Å². The van der Waals surface area contributed by atoms with Crippen LogP contribution in [0.3, 0.4) is 0 Å². The fraction of sp³-hybridized carbons (Fsp3) is 0.318. The maximum atomic E-state index is 13.0. The van der Waals surface area contributed by atoms with Gasteiger partial charge in [0.2, 0.25) is 0 Å². The molecule has 0 saturated heterocycles. The molecule has 0 radical (unpaired) electrons. The highest BCUT2D eigenvalue weighted by Crippen LogP contribution is 2.37. The van der Waals surface area contributed by atoms with Crippen LogP contribution in [0.5, 0.6) is 0 Å². The van der Waals surface area contributed by atoms with E-state index in [4.69, 9.17) is 9.84 Å². The molecule has 5 rings (SSSR count). The van der Waals surface area contributed by atoms with Gasteiger partial charge in [0.1, 0.15) is 16.4 Å². The van der Waals surface area contributed by atoms with Crippen LogP contribution in [-0.2, 0) is 11.8 Å². The number of nitrogens with zero attached hydrogens (tertiary/aromatic N) is 6. The number of ether oxygens (including phenoxy) is 1. The lowest BCUT2D eigenvalue weighted by Gasteiger charge is -2.34. The third-order valence-electron chi connectivity index (χ3n) is 5.42. The number of hydrogen-bond donors (Lipinski definition) is 1. The van der Waals surface area contributed by atoms with Crippen molar-refractivity contribution in [1.29, 1.82) is 0 Å². The van der Waals surface area contributed by atoms with Gasteiger partial charge in [-0.1, -0.05) is 6.07 Å². The molecule has 0 aliphatic heterocycles. The maximum Gasteiger partial charge on any atom is 0.275 e. The van der Waals surface area contributed by atoms with E-state index in [-0.39, 0.29) is 18.1 Å². The lowest BCUT2D eigenvalue weighted by Crippen LogP contribution is -2.33. The fourth-order valence-corrected chi connectivity index (χ4v) is 4.49. The second kappa shape index (κ2) is 8.64. The molecule has 1 amide bonds. The Bertz CT molecular complexity index is 1220. The molecule has 1 fully saturated rings. The van der Waals surface area contributed by atoms with Crippen molar-refractivity contribution in [2.75, 3.05) is 11.9 Å². The zero-order chi connectivity index (χ0) is 22.1. The summed E-state index contributed by atoms with van der Waals surface area (Å²) in [6.07, 6.45) is 9.29. The first-order chi connectivity index (χ1) is 15.6. The summed E-state index contributed by atoms with van der Waals surface area (Å²) >= 11 is 1.41. The van der Waals surface area contributed by atoms with E-state index in [0.717, 1.165) is 23.4 Å². The number of aryl methyl sites for hydroxylation is 1. The summed E-state index contributed by atoms with van der Waals surface area (Å²) in [5.74, 6) is -0.283. The normalized spacial score (nSPS) is 17.8. The average Bonchev–Trinajstić information content (AvgIpc) is 3.50. The van der Waals surface area contributed by atoms with Crippen LogP contribution in [0.15, 0.2) is 48.4 Å². The number of thiazole rings is 1. The van der Waals surface area contributed by atoms with Crippen LogP contribution >= 0.6 is 11.3 Å². The molecule has 9 nitrogen and oxygen atoms in total. The Hall–Kier alpha value is -3.37. The number of carbonyl (C=O) groups is 1. The molecule has 32 heavy (non-hydrogen) atoms. The zero-order valence-electron chi connectivity index (χ0n) is 17.8. The van der Waals surface area contributed by atoms with Gasteiger partial charge in [-0.05, 0) is 31.9 Å². The lowest BCUT2D eigenvalue weighted by atomic mass is 9.89. The number of rotatable bonds is 7. The highest BCUT2D eigenvalue weighted by Gasteiger charge is 2.32. The molecule has 0 bridgehead atoms. The third kappa shape index (κ3) is 4.06. The second-order valence-corrected chi connectivity index (χ2v) is 8.54. The summed E-state index contributed by atoms with van der Waals surface area (Å²) in [5, 5.41) is 14.4. The van der Waals surface area contributed by atoms with E-state index in [1.165, 1.54) is 11.3 Å². The standard InChI is InChI=1S/C22H23N7O2S/c1-3-31-16-8-15(9-16)29-12-18(20(27-29)17-6-4-5-7-23-17)25-21(30)19-13-32-22(26-19)14-10-24-28(2)11-14/h4-7,10-13,15-16H,3,8-9H2,1-2H3,(H,25,30)/t15-,16+. The summed E-state index contributed by atoms with van der Waals surface area (Å²) in [6.45, 7) is 2.72. The Morgan fingerprint density at radius 1 is 1.31 bits per heavy atom. The first-order valence-electron chi connectivity index (χ1n) is 10.5. The van der Waals surface area contributed by atoms with Gasteiger partial charge >= 0.3 is 0 Å². The molecular formula is C22H23N7O2S. The first kappa shape index (κ1) is 20.5. The van der Waals surface area contributed by atoms with E-state index in [9.17, 15) is 4.79 Å². The molecule has 1 saturated carbocycles. The number of pyridine rings is 1. The van der Waals surface area contributed by atoms with Crippen molar-refractivity contribution in [3.63, 3.8) is 0 Å². The minimum absolute atomic E-state index is 0.246. The summed E-state index contributed by atoms with van der Waals surface area (Å²) in [7, 11) is 1.85. The van der Waals surface area contributed by atoms with E-state index < -0.39 is 0 Å². The molecule has 0 unspecified atom stereocenters. The molecule has 1 aliphatic rings. The van der Waals surface area contributed by atoms with Crippen molar-refractivity contribution in [1.82, 2.24) is 29.5 Å². The molecule has 164 valence electrons. The number of amides is 1. The highest BCUT2D eigenvalue weighted by molar-refractivity contribution is 7.13. The Labute approximate surface area is 189 Å². The van der Waals surface area contributed by atoms with E-state index in [1.807, 2.05) is 49.2 Å². The van der Waals surface area contributed by atoms with Crippen molar-refractivity contribution in [2.24, 2.45) is 7.05 Å². The maximum absolute atomic E-state index is 13.0. The van der Waals surface area contributed by atoms with Gasteiger partial charge in [-0.15, -0.1) is 11.3 Å². The number of aromatic nitrogens is 6. The Morgan fingerprint density at radius 2 is 2.19 bits per heavy atom. The summed E-state index contributed by atoms with van der Waals surface area (Å²) in [6, 6.07) is 5.89. The van der Waals surface area contributed by atoms with Crippen molar-refractivity contribution >= 4 is 22.9 Å². The predicted octanol–water partition coefficient (Wildman–Crippen LogP) is 3.79. The number of nitrogens with one attached hydrogen (secondary N) is 1. The number of anilines is 1. The number of hydrogen-bond acceptors (Lipinski definition) is 7. The zero-order valence-corrected chi connectivity index (χ0v) is 18.6. The van der Waals surface area contributed by atoms with Crippen LogP contribution in [-0.4, -0.2) is 48.1 Å². The molecule has 1 N–H and O–H groups in total. The molecule has 4 aromatic rings. The highest BCUT2D eigenvalue weighted by atomic mass is 32.1. The largest absolute Gasteiger partial charge is 0.378 e. The number of carbonyl (C=O) groups excluding carboxylic acids is 1. The van der Waals surface area contributed by atoms with Gasteiger partial charge in [0.05, 0.1) is 29.7 Å². The second-order valence-electron chi connectivity index (χ2n) is 7.68. The van der Waals surface area contributed by atoms with Crippen molar-refractivity contribution < 1.29 is 9.53 Å². The summed E-state index contributed by atoms with van der Waals surface area (Å²) in [5.41, 5.74) is 3.20. The molecule has 4 heterocycles. The molecule has 0 aromatic carbocycles. The minimum Gasteiger partial charge on any atom is -0.378 e.